The van der Waals surface area contributed by atoms with Gasteiger partial charge in [-0.05, 0) is 28.8 Å². The molecule has 2 aromatic carbocycles. The van der Waals surface area contributed by atoms with Gasteiger partial charge in [0.1, 0.15) is 6.17 Å². The molecule has 0 fully saturated rings. The van der Waals surface area contributed by atoms with Crippen molar-refractivity contribution in [3.8, 4) is 0 Å². The van der Waals surface area contributed by atoms with Crippen LogP contribution < -0.4 is 0 Å². The molecule has 0 N–H and O–H groups in total. The van der Waals surface area contributed by atoms with Crippen LogP contribution in [0.5, 0.6) is 0 Å². The molecular formula is C14H14F. The van der Waals surface area contributed by atoms with E-state index in [4.69, 9.17) is 0 Å². The topological polar surface area (TPSA) is 0 Å². The van der Waals surface area contributed by atoms with Crippen molar-refractivity contribution in [2.24, 2.45) is 0 Å². The molecule has 2 aromatic rings. The normalized spacial score (nSPS) is 12.9. The maximum absolute atomic E-state index is 13.6. The predicted octanol–water partition coefficient (Wildman–Crippen LogP) is 4.46. The van der Waals surface area contributed by atoms with Crippen LogP contribution in [0.25, 0.3) is 10.8 Å². The van der Waals surface area contributed by atoms with Crippen LogP contribution in [0.15, 0.2) is 42.5 Å². The maximum Gasteiger partial charge on any atom is 0.125 e. The lowest BCUT2D eigenvalue weighted by atomic mass is 10.0. The van der Waals surface area contributed by atoms with E-state index in [1.165, 1.54) is 0 Å². The molecule has 0 saturated carbocycles. The summed E-state index contributed by atoms with van der Waals surface area (Å²) < 4.78 is 13.6. The monoisotopic (exact) mass is 201 g/mol. The van der Waals surface area contributed by atoms with Crippen molar-refractivity contribution < 1.29 is 4.39 Å². The number of benzene rings is 2. The van der Waals surface area contributed by atoms with Crippen molar-refractivity contribution in [3.05, 3.63) is 55.0 Å². The lowest BCUT2D eigenvalue weighted by Crippen LogP contribution is -1.90. The van der Waals surface area contributed by atoms with Crippen LogP contribution >= 0.6 is 0 Å². The molecule has 0 aliphatic carbocycles. The molecular weight excluding hydrogens is 187 g/mol. The van der Waals surface area contributed by atoms with Crippen LogP contribution in [0.4, 0.5) is 4.39 Å². The van der Waals surface area contributed by atoms with E-state index >= 15 is 0 Å². The molecule has 0 nitrogen and oxygen atoms in total. The summed E-state index contributed by atoms with van der Waals surface area (Å²) in [6, 6.07) is 13.8. The number of alkyl halides is 1. The van der Waals surface area contributed by atoms with Crippen LogP contribution in [-0.4, -0.2) is 0 Å². The van der Waals surface area contributed by atoms with Crippen LogP contribution in [0.2, 0.25) is 0 Å². The zero-order valence-corrected chi connectivity index (χ0v) is 8.62. The Labute approximate surface area is 89.7 Å². The van der Waals surface area contributed by atoms with E-state index in [1.54, 1.807) is 0 Å². The fraction of sp³-hybridized carbons (Fsp3) is 0.214. The molecule has 77 valence electrons. The van der Waals surface area contributed by atoms with E-state index in [9.17, 15) is 4.39 Å². The summed E-state index contributed by atoms with van der Waals surface area (Å²) in [6.07, 6.45) is 0.249. The second kappa shape index (κ2) is 4.43. The van der Waals surface area contributed by atoms with Crippen LogP contribution in [0.1, 0.15) is 24.6 Å². The molecule has 0 heterocycles. The molecule has 1 unspecified atom stereocenters. The van der Waals surface area contributed by atoms with Gasteiger partial charge in [0.2, 0.25) is 0 Å². The lowest BCUT2D eigenvalue weighted by Gasteiger charge is -2.08. The van der Waals surface area contributed by atoms with Crippen LogP contribution in [0, 0.1) is 6.92 Å². The molecule has 2 rings (SSSR count). The first-order valence-electron chi connectivity index (χ1n) is 5.23. The van der Waals surface area contributed by atoms with E-state index in [-0.39, 0.29) is 0 Å². The van der Waals surface area contributed by atoms with Gasteiger partial charge in [-0.15, -0.1) is 0 Å². The molecule has 0 aromatic heterocycles. The van der Waals surface area contributed by atoms with Gasteiger partial charge in [-0.1, -0.05) is 49.7 Å². The van der Waals surface area contributed by atoms with Gasteiger partial charge in [0.15, 0.2) is 0 Å². The average molecular weight is 201 g/mol. The largest absolute Gasteiger partial charge is 0.242 e. The molecule has 0 amide bonds. The van der Waals surface area contributed by atoms with E-state index in [0.717, 1.165) is 16.3 Å². The maximum atomic E-state index is 13.6. The summed E-state index contributed by atoms with van der Waals surface area (Å²) in [5.41, 5.74) is 0.761. The first-order chi connectivity index (χ1) is 7.31. The van der Waals surface area contributed by atoms with Crippen LogP contribution in [-0.2, 0) is 0 Å². The van der Waals surface area contributed by atoms with E-state index in [0.29, 0.717) is 12.8 Å². The van der Waals surface area contributed by atoms with E-state index < -0.39 is 6.17 Å². The van der Waals surface area contributed by atoms with E-state index in [2.05, 4.69) is 6.92 Å². The number of rotatable bonds is 3. The summed E-state index contributed by atoms with van der Waals surface area (Å²) in [5, 5.41) is 2.25. The first-order valence-corrected chi connectivity index (χ1v) is 5.23. The average Bonchev–Trinajstić information content (AvgIpc) is 2.29. The summed E-state index contributed by atoms with van der Waals surface area (Å²) >= 11 is 0. The number of fused-ring (bicyclic) bond motifs is 1. The molecule has 0 aliphatic heterocycles. The van der Waals surface area contributed by atoms with Crippen molar-refractivity contribution in [3.63, 3.8) is 0 Å². The molecule has 0 spiro atoms. The van der Waals surface area contributed by atoms with E-state index in [1.807, 2.05) is 42.5 Å². The van der Waals surface area contributed by atoms with Gasteiger partial charge in [0, 0.05) is 0 Å². The van der Waals surface area contributed by atoms with Gasteiger partial charge in [0.05, 0.1) is 0 Å². The Hall–Kier alpha value is -1.37. The predicted molar refractivity (Wildman–Crippen MR) is 62.4 cm³/mol. The highest BCUT2D eigenvalue weighted by Crippen LogP contribution is 2.25. The minimum absolute atomic E-state index is 0.498. The highest BCUT2D eigenvalue weighted by Gasteiger charge is 2.08. The first kappa shape index (κ1) is 10.2. The highest BCUT2D eigenvalue weighted by atomic mass is 19.1. The smallest absolute Gasteiger partial charge is 0.125 e. The SMILES string of the molecule is [CH2]CCC(F)c1ccc2ccccc2c1. The van der Waals surface area contributed by atoms with Gasteiger partial charge >= 0.3 is 0 Å². The third-order valence-electron chi connectivity index (χ3n) is 2.59. The second-order valence-corrected chi connectivity index (χ2v) is 3.72. The minimum Gasteiger partial charge on any atom is -0.242 e. The summed E-state index contributed by atoms with van der Waals surface area (Å²) in [7, 11) is 0. The standard InChI is InChI=1S/C14H14F/c1-2-5-14(15)13-9-8-11-6-3-4-7-12(11)10-13/h3-4,6-10,14H,1-2,5H2. The Morgan fingerprint density at radius 2 is 1.80 bits per heavy atom. The summed E-state index contributed by atoms with van der Waals surface area (Å²) in [5.74, 6) is 0. The quantitative estimate of drug-likeness (QED) is 0.687. The summed E-state index contributed by atoms with van der Waals surface area (Å²) in [4.78, 5) is 0. The molecule has 1 radical (unpaired) electrons. The number of hydrogen-bond acceptors (Lipinski definition) is 0. The van der Waals surface area contributed by atoms with Gasteiger partial charge in [0.25, 0.3) is 0 Å². The Bertz CT molecular complexity index is 448. The van der Waals surface area contributed by atoms with Gasteiger partial charge < -0.3 is 0 Å². The Kier molecular flexibility index (Phi) is 3.00. The Morgan fingerprint density at radius 1 is 1.07 bits per heavy atom. The third kappa shape index (κ3) is 2.17. The highest BCUT2D eigenvalue weighted by molar-refractivity contribution is 5.83. The molecule has 0 aliphatic rings. The van der Waals surface area contributed by atoms with Gasteiger partial charge in [-0.2, -0.15) is 0 Å². The van der Waals surface area contributed by atoms with Crippen LogP contribution in [0.3, 0.4) is 0 Å². The molecule has 0 saturated heterocycles. The van der Waals surface area contributed by atoms with Gasteiger partial charge in [-0.3, -0.25) is 0 Å². The minimum atomic E-state index is -0.882. The van der Waals surface area contributed by atoms with Crippen molar-refractivity contribution in [1.29, 1.82) is 0 Å². The van der Waals surface area contributed by atoms with Crippen molar-refractivity contribution in [2.75, 3.05) is 0 Å². The van der Waals surface area contributed by atoms with Gasteiger partial charge in [-0.25, -0.2) is 4.39 Å². The lowest BCUT2D eigenvalue weighted by molar-refractivity contribution is 0.325. The number of hydrogen-bond donors (Lipinski definition) is 0. The Balaban J connectivity index is 2.38. The third-order valence-corrected chi connectivity index (χ3v) is 2.59. The fourth-order valence-electron chi connectivity index (χ4n) is 1.75. The Morgan fingerprint density at radius 3 is 2.53 bits per heavy atom. The van der Waals surface area contributed by atoms with Crippen molar-refractivity contribution in [2.45, 2.75) is 19.0 Å². The van der Waals surface area contributed by atoms with Crippen molar-refractivity contribution in [1.82, 2.24) is 0 Å². The zero-order chi connectivity index (χ0) is 10.7. The second-order valence-electron chi connectivity index (χ2n) is 3.72. The molecule has 15 heavy (non-hydrogen) atoms. The molecule has 1 atom stereocenters. The number of halogens is 1. The molecule has 0 bridgehead atoms. The fourth-order valence-corrected chi connectivity index (χ4v) is 1.75. The zero-order valence-electron chi connectivity index (χ0n) is 8.62. The summed E-state index contributed by atoms with van der Waals surface area (Å²) in [6.45, 7) is 3.67. The molecule has 1 heteroatoms. The van der Waals surface area contributed by atoms with Crippen molar-refractivity contribution >= 4 is 10.8 Å².